The summed E-state index contributed by atoms with van der Waals surface area (Å²) in [7, 11) is 0. The van der Waals surface area contributed by atoms with E-state index in [1.54, 1.807) is 0 Å². The number of thiophene rings is 1. The number of β-amino-alcohol motifs (C(OH)–C–C–N with tert-alkyl or cyclic N) is 1. The summed E-state index contributed by atoms with van der Waals surface area (Å²) in [5.74, 6) is 0. The fourth-order valence-corrected chi connectivity index (χ4v) is 2.85. The summed E-state index contributed by atoms with van der Waals surface area (Å²) in [6.45, 7) is 2.99. The minimum absolute atomic E-state index is 0.370. The van der Waals surface area contributed by atoms with E-state index >= 15 is 0 Å². The number of aliphatic hydroxyl groups excluding tert-OH is 1. The number of rotatable bonds is 3. The Morgan fingerprint density at radius 2 is 2.14 bits per heavy atom. The molecule has 1 aromatic heterocycles. The van der Waals surface area contributed by atoms with E-state index in [1.807, 2.05) is 12.1 Å². The Morgan fingerprint density at radius 1 is 1.43 bits per heavy atom. The van der Waals surface area contributed by atoms with Crippen molar-refractivity contribution in [3.05, 3.63) is 21.3 Å². The molecule has 0 radical (unpaired) electrons. The molecule has 1 aliphatic heterocycles. The molecule has 1 N–H and O–H groups in total. The zero-order valence-electron chi connectivity index (χ0n) is 7.95. The quantitative estimate of drug-likeness (QED) is 0.864. The third-order valence-electron chi connectivity index (χ3n) is 2.55. The number of hydrogen-bond acceptors (Lipinski definition) is 3. The highest BCUT2D eigenvalue weighted by Gasteiger charge is 2.17. The average Bonchev–Trinajstić information content (AvgIpc) is 2.75. The maximum Gasteiger partial charge on any atom is 0.101 e. The van der Waals surface area contributed by atoms with Gasteiger partial charge in [-0.1, -0.05) is 11.6 Å². The molecule has 2 heterocycles. The van der Waals surface area contributed by atoms with Crippen LogP contribution in [0.15, 0.2) is 12.1 Å². The highest BCUT2D eigenvalue weighted by molar-refractivity contribution is 7.16. The van der Waals surface area contributed by atoms with Crippen LogP contribution in [0.3, 0.4) is 0 Å². The van der Waals surface area contributed by atoms with Gasteiger partial charge in [0.1, 0.15) is 6.10 Å². The number of halogens is 1. The summed E-state index contributed by atoms with van der Waals surface area (Å²) < 4.78 is 0.750. The van der Waals surface area contributed by atoms with Crippen LogP contribution in [0.25, 0.3) is 0 Å². The van der Waals surface area contributed by atoms with E-state index in [2.05, 4.69) is 4.90 Å². The lowest BCUT2D eigenvalue weighted by Gasteiger charge is -2.18. The van der Waals surface area contributed by atoms with Gasteiger partial charge in [0.05, 0.1) is 4.34 Å². The lowest BCUT2D eigenvalue weighted by Crippen LogP contribution is -2.24. The summed E-state index contributed by atoms with van der Waals surface area (Å²) in [4.78, 5) is 3.28. The van der Waals surface area contributed by atoms with Crippen molar-refractivity contribution >= 4 is 22.9 Å². The predicted molar refractivity (Wildman–Crippen MR) is 60.0 cm³/mol. The molecule has 2 nitrogen and oxygen atoms in total. The van der Waals surface area contributed by atoms with Gasteiger partial charge < -0.3 is 10.0 Å². The maximum absolute atomic E-state index is 9.90. The SMILES string of the molecule is OC(CN1CCCC1)c1ccc(Cl)s1. The van der Waals surface area contributed by atoms with Gasteiger partial charge in [-0.15, -0.1) is 11.3 Å². The van der Waals surface area contributed by atoms with Crippen molar-refractivity contribution in [1.82, 2.24) is 4.90 Å². The van der Waals surface area contributed by atoms with Crippen molar-refractivity contribution in [3.63, 3.8) is 0 Å². The van der Waals surface area contributed by atoms with Gasteiger partial charge in [0.25, 0.3) is 0 Å². The zero-order chi connectivity index (χ0) is 9.97. The molecule has 1 unspecified atom stereocenters. The van der Waals surface area contributed by atoms with E-state index in [0.717, 1.165) is 28.8 Å². The van der Waals surface area contributed by atoms with Gasteiger partial charge in [-0.05, 0) is 38.1 Å². The molecule has 1 saturated heterocycles. The van der Waals surface area contributed by atoms with Crippen molar-refractivity contribution in [2.75, 3.05) is 19.6 Å². The van der Waals surface area contributed by atoms with Gasteiger partial charge in [-0.25, -0.2) is 0 Å². The first kappa shape index (κ1) is 10.4. The van der Waals surface area contributed by atoms with Crippen LogP contribution in [0.5, 0.6) is 0 Å². The van der Waals surface area contributed by atoms with Gasteiger partial charge in [0.15, 0.2) is 0 Å². The largest absolute Gasteiger partial charge is 0.386 e. The van der Waals surface area contributed by atoms with Crippen molar-refractivity contribution in [2.24, 2.45) is 0 Å². The van der Waals surface area contributed by atoms with Crippen LogP contribution in [0.1, 0.15) is 23.8 Å². The van der Waals surface area contributed by atoms with Crippen molar-refractivity contribution < 1.29 is 5.11 Å². The molecule has 0 aromatic carbocycles. The second-order valence-corrected chi connectivity index (χ2v) is 5.41. The molecular formula is C10H14ClNOS. The molecule has 0 saturated carbocycles. The van der Waals surface area contributed by atoms with Crippen LogP contribution in [-0.4, -0.2) is 29.6 Å². The van der Waals surface area contributed by atoms with Crippen LogP contribution in [0, 0.1) is 0 Å². The molecule has 14 heavy (non-hydrogen) atoms. The molecule has 0 spiro atoms. The first-order valence-corrected chi connectivity index (χ1v) is 6.11. The minimum Gasteiger partial charge on any atom is -0.386 e. The summed E-state index contributed by atoms with van der Waals surface area (Å²) in [6, 6.07) is 3.75. The molecule has 0 amide bonds. The Morgan fingerprint density at radius 3 is 2.71 bits per heavy atom. The molecular weight excluding hydrogens is 218 g/mol. The topological polar surface area (TPSA) is 23.5 Å². The Kier molecular flexibility index (Phi) is 3.44. The molecule has 4 heteroatoms. The van der Waals surface area contributed by atoms with Crippen molar-refractivity contribution in [2.45, 2.75) is 18.9 Å². The standard InChI is InChI=1S/C10H14ClNOS/c11-10-4-3-9(14-10)8(13)7-12-5-1-2-6-12/h3-4,8,13H,1-2,5-7H2. The van der Waals surface area contributed by atoms with Gasteiger partial charge in [-0.3, -0.25) is 0 Å². The summed E-state index contributed by atoms with van der Waals surface area (Å²) in [6.07, 6.45) is 2.15. The first-order chi connectivity index (χ1) is 6.75. The highest BCUT2D eigenvalue weighted by atomic mass is 35.5. The second-order valence-electron chi connectivity index (χ2n) is 3.67. The molecule has 1 atom stereocenters. The molecule has 1 aliphatic rings. The molecule has 0 aliphatic carbocycles. The Bertz CT molecular complexity index is 296. The van der Waals surface area contributed by atoms with Crippen LogP contribution in [0.2, 0.25) is 4.34 Å². The maximum atomic E-state index is 9.90. The molecule has 78 valence electrons. The van der Waals surface area contributed by atoms with E-state index in [0.29, 0.717) is 0 Å². The van der Waals surface area contributed by atoms with Crippen LogP contribution in [-0.2, 0) is 0 Å². The number of nitrogens with zero attached hydrogens (tertiary/aromatic N) is 1. The molecule has 2 rings (SSSR count). The summed E-state index contributed by atoms with van der Waals surface area (Å²) in [5, 5.41) is 9.90. The third-order valence-corrected chi connectivity index (χ3v) is 3.88. The van der Waals surface area contributed by atoms with Gasteiger partial charge in [0, 0.05) is 11.4 Å². The summed E-state index contributed by atoms with van der Waals surface area (Å²) >= 11 is 7.28. The molecule has 0 bridgehead atoms. The summed E-state index contributed by atoms with van der Waals surface area (Å²) in [5.41, 5.74) is 0. The molecule has 1 aromatic rings. The average molecular weight is 232 g/mol. The second kappa shape index (κ2) is 4.62. The highest BCUT2D eigenvalue weighted by Crippen LogP contribution is 2.27. The van der Waals surface area contributed by atoms with Crippen LogP contribution >= 0.6 is 22.9 Å². The van der Waals surface area contributed by atoms with E-state index in [-0.39, 0.29) is 6.10 Å². The number of hydrogen-bond donors (Lipinski definition) is 1. The fraction of sp³-hybridized carbons (Fsp3) is 0.600. The van der Waals surface area contributed by atoms with Gasteiger partial charge >= 0.3 is 0 Å². The first-order valence-electron chi connectivity index (χ1n) is 4.91. The van der Waals surface area contributed by atoms with Crippen molar-refractivity contribution in [3.8, 4) is 0 Å². The van der Waals surface area contributed by atoms with Crippen LogP contribution in [0.4, 0.5) is 0 Å². The Hall–Kier alpha value is -0.0900. The van der Waals surface area contributed by atoms with E-state index in [4.69, 9.17) is 11.6 Å². The smallest absolute Gasteiger partial charge is 0.101 e. The predicted octanol–water partition coefficient (Wildman–Crippen LogP) is 2.53. The van der Waals surface area contributed by atoms with Gasteiger partial charge in [0.2, 0.25) is 0 Å². The zero-order valence-corrected chi connectivity index (χ0v) is 9.52. The lowest BCUT2D eigenvalue weighted by molar-refractivity contribution is 0.129. The van der Waals surface area contributed by atoms with Crippen LogP contribution < -0.4 is 0 Å². The molecule has 1 fully saturated rings. The monoisotopic (exact) mass is 231 g/mol. The van der Waals surface area contributed by atoms with Gasteiger partial charge in [-0.2, -0.15) is 0 Å². The van der Waals surface area contributed by atoms with E-state index < -0.39 is 0 Å². The fourth-order valence-electron chi connectivity index (χ4n) is 1.81. The number of likely N-dealkylation sites (tertiary alicyclic amines) is 1. The van der Waals surface area contributed by atoms with E-state index in [9.17, 15) is 5.11 Å². The third kappa shape index (κ3) is 2.48. The Labute approximate surface area is 93.1 Å². The lowest BCUT2D eigenvalue weighted by atomic mass is 10.3. The minimum atomic E-state index is -0.370. The Balaban J connectivity index is 1.91. The normalized spacial score (nSPS) is 20.1. The van der Waals surface area contributed by atoms with E-state index in [1.165, 1.54) is 24.2 Å². The van der Waals surface area contributed by atoms with Crippen molar-refractivity contribution in [1.29, 1.82) is 0 Å². The number of aliphatic hydroxyl groups is 1.